The molecule has 0 amide bonds. The Labute approximate surface area is 207 Å². The van der Waals surface area contributed by atoms with Gasteiger partial charge in [0.25, 0.3) is 0 Å². The van der Waals surface area contributed by atoms with Crippen LogP contribution in [-0.4, -0.2) is 14.4 Å². The quantitative estimate of drug-likeness (QED) is 0.222. The number of esters is 1. The first-order chi connectivity index (χ1) is 16.6. The molecule has 1 atom stereocenters. The van der Waals surface area contributed by atoms with Crippen molar-refractivity contribution >= 4 is 38.6 Å². The van der Waals surface area contributed by atoms with Crippen molar-refractivity contribution in [3.63, 3.8) is 0 Å². The molecule has 0 aliphatic heterocycles. The van der Waals surface area contributed by atoms with Crippen molar-refractivity contribution in [2.24, 2.45) is 0 Å². The molecular formula is C26H22ClNO6S. The molecule has 9 heteroatoms. The van der Waals surface area contributed by atoms with Crippen molar-refractivity contribution < 1.29 is 22.4 Å². The van der Waals surface area contributed by atoms with Crippen molar-refractivity contribution in [2.45, 2.75) is 31.7 Å². The van der Waals surface area contributed by atoms with E-state index in [1.807, 2.05) is 6.92 Å². The van der Waals surface area contributed by atoms with Gasteiger partial charge >= 0.3 is 11.6 Å². The summed E-state index contributed by atoms with van der Waals surface area (Å²) in [6.45, 7) is 5.25. The molecule has 1 aromatic heterocycles. The van der Waals surface area contributed by atoms with Crippen molar-refractivity contribution in [2.75, 3.05) is 0 Å². The third-order valence-corrected chi connectivity index (χ3v) is 7.43. The number of hydrogen-bond donors (Lipinski definition) is 1. The second-order valence-corrected chi connectivity index (χ2v) is 10.2. The van der Waals surface area contributed by atoms with Crippen LogP contribution in [0.25, 0.3) is 11.0 Å². The topological polar surface area (TPSA) is 103 Å². The summed E-state index contributed by atoms with van der Waals surface area (Å²) in [7, 11) is -4.07. The van der Waals surface area contributed by atoms with Gasteiger partial charge in [-0.2, -0.15) is 4.72 Å². The zero-order valence-electron chi connectivity index (χ0n) is 19.2. The number of hydrogen-bond acceptors (Lipinski definition) is 6. The van der Waals surface area contributed by atoms with Gasteiger partial charge in [0.05, 0.1) is 9.92 Å². The molecule has 0 aliphatic carbocycles. The van der Waals surface area contributed by atoms with Gasteiger partial charge in [-0.3, -0.25) is 0 Å². The molecule has 1 heterocycles. The Morgan fingerprint density at radius 2 is 1.63 bits per heavy atom. The molecule has 0 aliphatic rings. The minimum absolute atomic E-state index is 0.00758. The lowest BCUT2D eigenvalue weighted by Crippen LogP contribution is -2.36. The number of carbonyl (C=O) groups excluding carboxylic acids is 1. The highest BCUT2D eigenvalue weighted by Crippen LogP contribution is 2.33. The molecule has 0 saturated carbocycles. The van der Waals surface area contributed by atoms with Crippen molar-refractivity contribution in [1.29, 1.82) is 0 Å². The van der Waals surface area contributed by atoms with E-state index < -0.39 is 27.7 Å². The zero-order chi connectivity index (χ0) is 25.3. The fourth-order valence-corrected chi connectivity index (χ4v) is 4.90. The third kappa shape index (κ3) is 5.14. The fraction of sp³-hybridized carbons (Fsp3) is 0.154. The molecule has 4 aromatic rings. The molecule has 7 nitrogen and oxygen atoms in total. The van der Waals surface area contributed by atoms with Crippen LogP contribution in [-0.2, 0) is 14.8 Å². The number of rotatable bonds is 6. The van der Waals surface area contributed by atoms with E-state index in [0.29, 0.717) is 22.1 Å². The molecule has 0 spiro atoms. The van der Waals surface area contributed by atoms with Crippen LogP contribution in [0.5, 0.6) is 5.75 Å². The van der Waals surface area contributed by atoms with Gasteiger partial charge in [-0.15, -0.1) is 0 Å². The Bertz CT molecular complexity index is 1580. The predicted molar refractivity (Wildman–Crippen MR) is 133 cm³/mol. The summed E-state index contributed by atoms with van der Waals surface area (Å²) in [5.74, 6) is -0.967. The molecule has 4 rings (SSSR count). The Morgan fingerprint density at radius 3 is 2.29 bits per heavy atom. The van der Waals surface area contributed by atoms with E-state index >= 15 is 0 Å². The third-order valence-electron chi connectivity index (χ3n) is 5.69. The maximum Gasteiger partial charge on any atom is 0.339 e. The van der Waals surface area contributed by atoms with Crippen LogP contribution in [0.3, 0.4) is 0 Å². The van der Waals surface area contributed by atoms with Gasteiger partial charge in [0.2, 0.25) is 10.0 Å². The van der Waals surface area contributed by atoms with E-state index in [0.717, 1.165) is 5.56 Å². The smallest absolute Gasteiger partial charge is 0.339 e. The van der Waals surface area contributed by atoms with Gasteiger partial charge in [-0.25, -0.2) is 18.0 Å². The number of fused-ring (bicyclic) bond motifs is 1. The Kier molecular flexibility index (Phi) is 6.80. The molecule has 180 valence electrons. The summed E-state index contributed by atoms with van der Waals surface area (Å²) in [5, 5.41) is 0.710. The molecule has 1 N–H and O–H groups in total. The fourth-order valence-electron chi connectivity index (χ4n) is 3.53. The van der Waals surface area contributed by atoms with Crippen LogP contribution in [0, 0.1) is 20.8 Å². The van der Waals surface area contributed by atoms with Crippen molar-refractivity contribution in [1.82, 2.24) is 4.72 Å². The summed E-state index contributed by atoms with van der Waals surface area (Å²) in [5.41, 5.74) is 2.11. The van der Waals surface area contributed by atoms with Crippen LogP contribution in [0.15, 0.2) is 80.8 Å². The number of nitrogens with one attached hydrogen (secondary N) is 1. The molecule has 0 unspecified atom stereocenters. The summed E-state index contributed by atoms with van der Waals surface area (Å²) in [6.07, 6.45) is 0. The van der Waals surface area contributed by atoms with E-state index in [4.69, 9.17) is 20.8 Å². The molecular weight excluding hydrogens is 490 g/mol. The summed E-state index contributed by atoms with van der Waals surface area (Å²) < 4.78 is 39.4. The van der Waals surface area contributed by atoms with Gasteiger partial charge < -0.3 is 9.15 Å². The molecule has 35 heavy (non-hydrogen) atoms. The monoisotopic (exact) mass is 511 g/mol. The maximum atomic E-state index is 13.3. The van der Waals surface area contributed by atoms with E-state index in [9.17, 15) is 18.0 Å². The second kappa shape index (κ2) is 9.65. The van der Waals surface area contributed by atoms with Crippen LogP contribution in [0.2, 0.25) is 5.02 Å². The highest BCUT2D eigenvalue weighted by molar-refractivity contribution is 7.89. The number of ether oxygens (including phenoxy) is 1. The second-order valence-electron chi connectivity index (χ2n) is 8.12. The summed E-state index contributed by atoms with van der Waals surface area (Å²) in [4.78, 5) is 25.4. The number of aryl methyl sites for hydroxylation is 2. The SMILES string of the molecule is Cc1ccc(S(=O)(=O)N[C@H](C(=O)Oc2cc3oc(=O)c(C)c(C)c3cc2Cl)c2ccccc2)cc1. The first-order valence-corrected chi connectivity index (χ1v) is 12.5. The average molecular weight is 512 g/mol. The number of carbonyl (C=O) groups is 1. The predicted octanol–water partition coefficient (Wildman–Crippen LogP) is 5.00. The highest BCUT2D eigenvalue weighted by atomic mass is 35.5. The molecule has 0 radical (unpaired) electrons. The van der Waals surface area contributed by atoms with Crippen LogP contribution in [0.4, 0.5) is 0 Å². The summed E-state index contributed by atoms with van der Waals surface area (Å²) >= 11 is 6.37. The van der Waals surface area contributed by atoms with Crippen LogP contribution >= 0.6 is 11.6 Å². The number of benzene rings is 3. The molecule has 3 aromatic carbocycles. The van der Waals surface area contributed by atoms with Gasteiger partial charge in [-0.1, -0.05) is 59.6 Å². The van der Waals surface area contributed by atoms with E-state index in [2.05, 4.69) is 4.72 Å². The number of halogens is 1. The van der Waals surface area contributed by atoms with Crippen molar-refractivity contribution in [3.05, 3.63) is 104 Å². The Hall–Kier alpha value is -3.46. The lowest BCUT2D eigenvalue weighted by molar-refractivity contribution is -0.136. The van der Waals surface area contributed by atoms with E-state index in [-0.39, 0.29) is 21.3 Å². The van der Waals surface area contributed by atoms with Gasteiger partial charge in [-0.05, 0) is 50.1 Å². The first kappa shape index (κ1) is 24.7. The Balaban J connectivity index is 1.71. The van der Waals surface area contributed by atoms with Gasteiger partial charge in [0.1, 0.15) is 11.6 Å². The van der Waals surface area contributed by atoms with E-state index in [1.165, 1.54) is 18.2 Å². The lowest BCUT2D eigenvalue weighted by atomic mass is 10.1. The normalized spacial score (nSPS) is 12.5. The highest BCUT2D eigenvalue weighted by Gasteiger charge is 2.29. The van der Waals surface area contributed by atoms with E-state index in [1.54, 1.807) is 62.4 Å². The van der Waals surface area contributed by atoms with Crippen LogP contribution < -0.4 is 15.1 Å². The first-order valence-electron chi connectivity index (χ1n) is 10.7. The largest absolute Gasteiger partial charge is 0.423 e. The molecule has 0 bridgehead atoms. The maximum absolute atomic E-state index is 13.3. The van der Waals surface area contributed by atoms with Crippen molar-refractivity contribution in [3.8, 4) is 5.75 Å². The summed E-state index contributed by atoms with van der Waals surface area (Å²) in [6, 6.07) is 16.1. The molecule has 0 saturated heterocycles. The minimum Gasteiger partial charge on any atom is -0.423 e. The average Bonchev–Trinajstić information content (AvgIpc) is 2.83. The minimum atomic E-state index is -4.07. The lowest BCUT2D eigenvalue weighted by Gasteiger charge is -2.19. The molecule has 0 fully saturated rings. The zero-order valence-corrected chi connectivity index (χ0v) is 20.7. The Morgan fingerprint density at radius 1 is 0.971 bits per heavy atom. The standard InChI is InChI=1S/C26H22ClNO6S/c1-15-9-11-19(12-10-15)35(31,32)28-24(18-7-5-4-6-8-18)26(30)34-23-14-22-20(13-21(23)27)16(2)17(3)25(29)33-22/h4-14,24,28H,1-3H3/t24-/m0/s1. The van der Waals surface area contributed by atoms with Crippen LogP contribution in [0.1, 0.15) is 28.3 Å². The van der Waals surface area contributed by atoms with Gasteiger partial charge in [0, 0.05) is 17.0 Å². The van der Waals surface area contributed by atoms with Gasteiger partial charge in [0.15, 0.2) is 5.75 Å². The number of sulfonamides is 1.